The Morgan fingerprint density at radius 3 is 1.82 bits per heavy atom. The topological polar surface area (TPSA) is 57.6 Å². The molecule has 11 heavy (non-hydrogen) atoms. The van der Waals surface area contributed by atoms with E-state index >= 15 is 0 Å². The SMILES string of the molecule is CCC(N(C)C)S(=O)(=O)O.Cl. The van der Waals surface area contributed by atoms with Crippen molar-refractivity contribution in [2.45, 2.75) is 18.7 Å². The van der Waals surface area contributed by atoms with Gasteiger partial charge in [-0.2, -0.15) is 8.42 Å². The second kappa shape index (κ2) is 4.92. The largest absolute Gasteiger partial charge is 0.291 e. The summed E-state index contributed by atoms with van der Waals surface area (Å²) in [6.45, 7) is 1.71. The molecule has 0 aromatic carbocycles. The zero-order chi connectivity index (χ0) is 8.36. The monoisotopic (exact) mass is 203 g/mol. The van der Waals surface area contributed by atoms with Crippen LogP contribution in [-0.2, 0) is 10.1 Å². The van der Waals surface area contributed by atoms with Gasteiger partial charge in [0.05, 0.1) is 0 Å². The molecule has 0 aliphatic rings. The van der Waals surface area contributed by atoms with Crippen molar-refractivity contribution < 1.29 is 13.0 Å². The van der Waals surface area contributed by atoms with Gasteiger partial charge in [-0.15, -0.1) is 12.4 Å². The van der Waals surface area contributed by atoms with Crippen LogP contribution in [0.15, 0.2) is 0 Å². The van der Waals surface area contributed by atoms with Gasteiger partial charge in [0, 0.05) is 0 Å². The van der Waals surface area contributed by atoms with E-state index in [0.29, 0.717) is 6.42 Å². The van der Waals surface area contributed by atoms with Gasteiger partial charge in [-0.3, -0.25) is 9.45 Å². The second-order valence-electron chi connectivity index (χ2n) is 2.34. The molecule has 0 fully saturated rings. The van der Waals surface area contributed by atoms with Crippen LogP contribution in [0.5, 0.6) is 0 Å². The minimum Gasteiger partial charge on any atom is -0.291 e. The van der Waals surface area contributed by atoms with Crippen molar-refractivity contribution in [1.82, 2.24) is 4.90 Å². The summed E-state index contributed by atoms with van der Waals surface area (Å²) in [6.07, 6.45) is 0.395. The zero-order valence-corrected chi connectivity index (χ0v) is 8.44. The molecule has 1 atom stereocenters. The van der Waals surface area contributed by atoms with Crippen LogP contribution in [-0.4, -0.2) is 37.3 Å². The molecule has 0 aliphatic heterocycles. The van der Waals surface area contributed by atoms with E-state index in [1.807, 2.05) is 0 Å². The number of hydrogen-bond donors (Lipinski definition) is 1. The Balaban J connectivity index is 0. The van der Waals surface area contributed by atoms with E-state index in [0.717, 1.165) is 0 Å². The van der Waals surface area contributed by atoms with Gasteiger partial charge >= 0.3 is 0 Å². The molecule has 70 valence electrons. The fraction of sp³-hybridized carbons (Fsp3) is 1.00. The standard InChI is InChI=1S/C5H13NO3S.ClH/c1-4-5(6(2)3)10(7,8)9;/h5H,4H2,1-3H3,(H,7,8,9);1H. The van der Waals surface area contributed by atoms with Crippen LogP contribution in [0.3, 0.4) is 0 Å². The van der Waals surface area contributed by atoms with Crippen molar-refractivity contribution in [3.8, 4) is 0 Å². The average molecular weight is 204 g/mol. The lowest BCUT2D eigenvalue weighted by Crippen LogP contribution is -2.34. The molecule has 0 saturated carbocycles. The van der Waals surface area contributed by atoms with Crippen LogP contribution in [0.2, 0.25) is 0 Å². The van der Waals surface area contributed by atoms with Gasteiger partial charge in [0.15, 0.2) is 0 Å². The fourth-order valence-corrected chi connectivity index (χ4v) is 1.80. The highest BCUT2D eigenvalue weighted by Gasteiger charge is 2.22. The fourth-order valence-electron chi connectivity index (χ4n) is 0.842. The van der Waals surface area contributed by atoms with Crippen molar-refractivity contribution in [3.63, 3.8) is 0 Å². The maximum atomic E-state index is 10.5. The summed E-state index contributed by atoms with van der Waals surface area (Å²) in [7, 11) is -0.662. The van der Waals surface area contributed by atoms with Crippen LogP contribution < -0.4 is 0 Å². The molecule has 0 heterocycles. The summed E-state index contributed by atoms with van der Waals surface area (Å²) >= 11 is 0. The first-order valence-corrected chi connectivity index (χ1v) is 4.52. The van der Waals surface area contributed by atoms with Crippen LogP contribution in [0, 0.1) is 0 Å². The zero-order valence-electron chi connectivity index (χ0n) is 6.81. The van der Waals surface area contributed by atoms with Gasteiger partial charge in [0.1, 0.15) is 5.37 Å². The maximum absolute atomic E-state index is 10.5. The van der Waals surface area contributed by atoms with Crippen LogP contribution >= 0.6 is 12.4 Å². The summed E-state index contributed by atoms with van der Waals surface area (Å²) in [5.74, 6) is 0. The predicted octanol–water partition coefficient (Wildman–Crippen LogP) is 0.594. The van der Waals surface area contributed by atoms with E-state index in [4.69, 9.17) is 4.55 Å². The second-order valence-corrected chi connectivity index (χ2v) is 3.92. The van der Waals surface area contributed by atoms with Crippen LogP contribution in [0.1, 0.15) is 13.3 Å². The lowest BCUT2D eigenvalue weighted by Gasteiger charge is -2.18. The first-order chi connectivity index (χ1) is 4.39. The molecule has 0 aliphatic carbocycles. The van der Waals surface area contributed by atoms with Gasteiger partial charge in [-0.1, -0.05) is 6.92 Å². The Hall–Kier alpha value is 0.160. The summed E-state index contributed by atoms with van der Waals surface area (Å²) < 4.78 is 29.6. The number of hydrogen-bond acceptors (Lipinski definition) is 3. The Kier molecular flexibility index (Phi) is 6.14. The molecule has 1 N–H and O–H groups in total. The smallest absolute Gasteiger partial charge is 0.281 e. The van der Waals surface area contributed by atoms with E-state index in [-0.39, 0.29) is 12.4 Å². The summed E-state index contributed by atoms with van der Waals surface area (Å²) in [4.78, 5) is 1.47. The quantitative estimate of drug-likeness (QED) is 0.683. The van der Waals surface area contributed by atoms with Gasteiger partial charge < -0.3 is 0 Å². The van der Waals surface area contributed by atoms with E-state index in [2.05, 4.69) is 0 Å². The van der Waals surface area contributed by atoms with E-state index in [1.54, 1.807) is 21.0 Å². The minimum atomic E-state index is -3.89. The van der Waals surface area contributed by atoms with Crippen molar-refractivity contribution in [2.75, 3.05) is 14.1 Å². The van der Waals surface area contributed by atoms with Crippen molar-refractivity contribution >= 4 is 22.5 Å². The lowest BCUT2D eigenvalue weighted by atomic mass is 10.4. The molecule has 0 saturated heterocycles. The third kappa shape index (κ3) is 4.58. The normalized spacial score (nSPS) is 14.3. The Morgan fingerprint density at radius 1 is 1.45 bits per heavy atom. The maximum Gasteiger partial charge on any atom is 0.281 e. The lowest BCUT2D eigenvalue weighted by molar-refractivity contribution is 0.330. The highest BCUT2D eigenvalue weighted by molar-refractivity contribution is 7.86. The first-order valence-electron chi connectivity index (χ1n) is 3.02. The number of nitrogens with zero attached hydrogens (tertiary/aromatic N) is 1. The summed E-state index contributed by atoms with van der Waals surface area (Å²) in [5, 5.41) is -0.771. The van der Waals surface area contributed by atoms with Gasteiger partial charge in [0.25, 0.3) is 10.1 Å². The number of halogens is 1. The molecule has 0 aromatic rings. The Morgan fingerprint density at radius 2 is 1.82 bits per heavy atom. The number of rotatable bonds is 3. The third-order valence-corrected chi connectivity index (χ3v) is 2.71. The highest BCUT2D eigenvalue weighted by Crippen LogP contribution is 2.05. The molecule has 0 spiro atoms. The van der Waals surface area contributed by atoms with E-state index in [9.17, 15) is 8.42 Å². The molecular weight excluding hydrogens is 190 g/mol. The molecule has 0 radical (unpaired) electrons. The minimum absolute atomic E-state index is 0. The van der Waals surface area contributed by atoms with Crippen molar-refractivity contribution in [1.29, 1.82) is 0 Å². The highest BCUT2D eigenvalue weighted by atomic mass is 35.5. The molecule has 1 unspecified atom stereocenters. The van der Waals surface area contributed by atoms with Crippen LogP contribution in [0.4, 0.5) is 0 Å². The Bertz CT molecular complexity index is 190. The molecule has 0 amide bonds. The first kappa shape index (κ1) is 13.7. The average Bonchev–Trinajstić information content (AvgIpc) is 1.60. The molecule has 0 rings (SSSR count). The van der Waals surface area contributed by atoms with Gasteiger partial charge in [-0.25, -0.2) is 0 Å². The Labute approximate surface area is 73.7 Å². The molecular formula is C5H14ClNO3S. The van der Waals surface area contributed by atoms with Crippen molar-refractivity contribution in [2.24, 2.45) is 0 Å². The van der Waals surface area contributed by atoms with Crippen molar-refractivity contribution in [3.05, 3.63) is 0 Å². The van der Waals surface area contributed by atoms with Gasteiger partial charge in [0.2, 0.25) is 0 Å². The van der Waals surface area contributed by atoms with E-state index < -0.39 is 15.5 Å². The molecule has 0 bridgehead atoms. The van der Waals surface area contributed by atoms with E-state index in [1.165, 1.54) is 4.90 Å². The van der Waals surface area contributed by atoms with Crippen LogP contribution in [0.25, 0.3) is 0 Å². The predicted molar refractivity (Wildman–Crippen MR) is 46.6 cm³/mol. The third-order valence-electron chi connectivity index (χ3n) is 1.27. The molecule has 0 aromatic heterocycles. The summed E-state index contributed by atoms with van der Waals surface area (Å²) in [5.41, 5.74) is 0. The summed E-state index contributed by atoms with van der Waals surface area (Å²) in [6, 6.07) is 0. The molecule has 6 heteroatoms. The molecule has 4 nitrogen and oxygen atoms in total. The van der Waals surface area contributed by atoms with Gasteiger partial charge in [-0.05, 0) is 20.5 Å².